The van der Waals surface area contributed by atoms with Crippen LogP contribution < -0.4 is 4.74 Å². The molecule has 0 spiro atoms. The molecule has 2 aromatic rings. The Morgan fingerprint density at radius 3 is 2.37 bits per heavy atom. The van der Waals surface area contributed by atoms with Gasteiger partial charge in [-0.15, -0.1) is 11.3 Å². The Kier molecular flexibility index (Phi) is 5.96. The van der Waals surface area contributed by atoms with Crippen LogP contribution in [0.3, 0.4) is 0 Å². The summed E-state index contributed by atoms with van der Waals surface area (Å²) in [5.41, 5.74) is 0.321. The maximum Gasteiger partial charge on any atom is 0.339 e. The first kappa shape index (κ1) is 16.6. The van der Waals surface area contributed by atoms with Crippen molar-refractivity contribution in [3.05, 3.63) is 29.1 Å². The van der Waals surface area contributed by atoms with Gasteiger partial charge in [0, 0.05) is 5.39 Å². The van der Waals surface area contributed by atoms with Crippen molar-refractivity contribution in [2.75, 3.05) is 7.11 Å². The monoisotopic (exact) mass is 360 g/mol. The second kappa shape index (κ2) is 6.82. The molecule has 0 fully saturated rings. The van der Waals surface area contributed by atoms with Gasteiger partial charge in [-0.3, -0.25) is 4.57 Å². The average Bonchev–Trinajstić information content (AvgIpc) is 2.73. The summed E-state index contributed by atoms with van der Waals surface area (Å²) in [5, 5.41) is 8.30. The lowest BCUT2D eigenvalue weighted by Gasteiger charge is -2.03. The molecular formula is C10H8Cl3O4PS. The first-order chi connectivity index (χ1) is 8.74. The number of halogens is 3. The van der Waals surface area contributed by atoms with Gasteiger partial charge in [0.05, 0.1) is 17.4 Å². The standard InChI is InChI=1S/C10H8O3S.Cl3OP/c1-13-8-3-2-7(10(11)12)6-4-5-14-9(6)8;1-5(2,3)4/h2-5H,1H3,(H,11,12);. The highest BCUT2D eigenvalue weighted by Crippen LogP contribution is 2.61. The summed E-state index contributed by atoms with van der Waals surface area (Å²) < 4.78 is 15.5. The van der Waals surface area contributed by atoms with Gasteiger partial charge in [0.25, 0.3) is 0 Å². The number of aromatic carboxylic acids is 1. The number of carboxylic acid groups (broad SMARTS) is 1. The minimum atomic E-state index is -3.22. The van der Waals surface area contributed by atoms with Crippen molar-refractivity contribution < 1.29 is 19.2 Å². The van der Waals surface area contributed by atoms with E-state index in [0.29, 0.717) is 5.56 Å². The number of methoxy groups -OCH3 is 1. The van der Waals surface area contributed by atoms with Crippen LogP contribution in [0.15, 0.2) is 23.6 Å². The van der Waals surface area contributed by atoms with Crippen LogP contribution in [0.2, 0.25) is 0 Å². The number of hydrogen-bond acceptors (Lipinski definition) is 4. The number of hydrogen-bond donors (Lipinski definition) is 1. The van der Waals surface area contributed by atoms with Crippen molar-refractivity contribution in [1.29, 1.82) is 0 Å². The zero-order chi connectivity index (χ0) is 14.6. The number of fused-ring (bicyclic) bond motifs is 1. The van der Waals surface area contributed by atoms with Crippen molar-refractivity contribution in [3.63, 3.8) is 0 Å². The van der Waals surface area contributed by atoms with Gasteiger partial charge in [-0.05, 0) is 57.3 Å². The van der Waals surface area contributed by atoms with E-state index >= 15 is 0 Å². The second-order valence-electron chi connectivity index (χ2n) is 3.18. The van der Waals surface area contributed by atoms with Crippen molar-refractivity contribution in [3.8, 4) is 5.75 Å². The number of carboxylic acids is 1. The average molecular weight is 362 g/mol. The lowest BCUT2D eigenvalue weighted by atomic mass is 10.1. The van der Waals surface area contributed by atoms with Crippen LogP contribution in [0.1, 0.15) is 10.4 Å². The molecule has 0 saturated heterocycles. The molecule has 9 heteroatoms. The summed E-state index contributed by atoms with van der Waals surface area (Å²) in [7, 11) is 1.58. The third-order valence-corrected chi connectivity index (χ3v) is 2.96. The minimum absolute atomic E-state index is 0.321. The molecule has 1 aromatic carbocycles. The maximum atomic E-state index is 10.9. The third kappa shape index (κ3) is 5.21. The zero-order valence-electron chi connectivity index (χ0n) is 9.47. The Bertz CT molecular complexity index is 628. The lowest BCUT2D eigenvalue weighted by molar-refractivity contribution is 0.0699. The van der Waals surface area contributed by atoms with E-state index in [9.17, 15) is 9.36 Å². The summed E-state index contributed by atoms with van der Waals surface area (Å²) in [5.74, 6) is -0.184. The van der Waals surface area contributed by atoms with E-state index in [-0.39, 0.29) is 0 Å². The quantitative estimate of drug-likeness (QED) is 0.725. The Hall–Kier alpha value is -0.450. The van der Waals surface area contributed by atoms with E-state index < -0.39 is 11.2 Å². The molecule has 0 aliphatic heterocycles. The van der Waals surface area contributed by atoms with Crippen LogP contribution in [-0.2, 0) is 4.57 Å². The largest absolute Gasteiger partial charge is 0.495 e. The number of rotatable bonds is 2. The van der Waals surface area contributed by atoms with E-state index in [4.69, 9.17) is 9.84 Å². The molecule has 0 saturated carbocycles. The van der Waals surface area contributed by atoms with E-state index in [2.05, 4.69) is 33.7 Å². The van der Waals surface area contributed by atoms with Crippen LogP contribution in [0, 0.1) is 0 Å². The van der Waals surface area contributed by atoms with Crippen LogP contribution in [0.5, 0.6) is 5.75 Å². The Balaban J connectivity index is 0.000000312. The smallest absolute Gasteiger partial charge is 0.339 e. The highest BCUT2D eigenvalue weighted by molar-refractivity contribution is 8.24. The summed E-state index contributed by atoms with van der Waals surface area (Å²) in [6.45, 7) is 0. The molecule has 2 rings (SSSR count). The Morgan fingerprint density at radius 2 is 1.89 bits per heavy atom. The van der Waals surface area contributed by atoms with Crippen molar-refractivity contribution in [2.24, 2.45) is 0 Å². The molecule has 1 heterocycles. The normalized spacial score (nSPS) is 10.7. The van der Waals surface area contributed by atoms with Crippen LogP contribution in [0.25, 0.3) is 10.1 Å². The maximum absolute atomic E-state index is 10.9. The molecule has 0 radical (unpaired) electrons. The Labute approximate surface area is 127 Å². The first-order valence-electron chi connectivity index (χ1n) is 4.70. The van der Waals surface area contributed by atoms with Gasteiger partial charge in [-0.1, -0.05) is 0 Å². The second-order valence-corrected chi connectivity index (χ2v) is 10.7. The van der Waals surface area contributed by atoms with Gasteiger partial charge in [-0.25, -0.2) is 4.79 Å². The molecule has 0 unspecified atom stereocenters. The molecule has 0 atom stereocenters. The fourth-order valence-corrected chi connectivity index (χ4v) is 2.30. The van der Waals surface area contributed by atoms with Gasteiger partial charge >= 0.3 is 11.2 Å². The predicted octanol–water partition coefficient (Wildman–Crippen LogP) is 5.42. The summed E-state index contributed by atoms with van der Waals surface area (Å²) in [4.78, 5) is 10.9. The van der Waals surface area contributed by atoms with Gasteiger partial charge in [0.1, 0.15) is 5.75 Å². The van der Waals surface area contributed by atoms with E-state index in [1.54, 1.807) is 25.3 Å². The molecule has 0 aliphatic rings. The molecule has 19 heavy (non-hydrogen) atoms. The molecule has 104 valence electrons. The fourth-order valence-electron chi connectivity index (χ4n) is 1.38. The fraction of sp³-hybridized carbons (Fsp3) is 0.100. The SMILES string of the molecule is COc1ccc(C(=O)O)c2ccsc12.O=P(Cl)(Cl)Cl. The van der Waals surface area contributed by atoms with E-state index in [1.165, 1.54) is 11.3 Å². The summed E-state index contributed by atoms with van der Waals surface area (Å²) >= 11 is 15.3. The first-order valence-corrected chi connectivity index (χ1v) is 10.0. The number of thiophene rings is 1. The zero-order valence-corrected chi connectivity index (χ0v) is 13.4. The van der Waals surface area contributed by atoms with Crippen LogP contribution >= 0.6 is 50.3 Å². The number of benzene rings is 1. The van der Waals surface area contributed by atoms with Crippen molar-refractivity contribution >= 4 is 66.3 Å². The highest BCUT2D eigenvalue weighted by atomic mass is 36.0. The topological polar surface area (TPSA) is 63.6 Å². The molecular weight excluding hydrogens is 354 g/mol. The van der Waals surface area contributed by atoms with Gasteiger partial charge in [0.2, 0.25) is 0 Å². The molecule has 4 nitrogen and oxygen atoms in total. The molecule has 1 N–H and O–H groups in total. The minimum Gasteiger partial charge on any atom is -0.495 e. The summed E-state index contributed by atoms with van der Waals surface area (Å²) in [6, 6.07) is 5.05. The Morgan fingerprint density at radius 1 is 1.32 bits per heavy atom. The van der Waals surface area contributed by atoms with Gasteiger partial charge in [0.15, 0.2) is 0 Å². The van der Waals surface area contributed by atoms with Crippen LogP contribution in [-0.4, -0.2) is 18.2 Å². The number of carbonyl (C=O) groups is 1. The third-order valence-electron chi connectivity index (χ3n) is 2.03. The van der Waals surface area contributed by atoms with Gasteiger partial charge < -0.3 is 9.84 Å². The van der Waals surface area contributed by atoms with E-state index in [0.717, 1.165) is 15.8 Å². The summed E-state index contributed by atoms with van der Waals surface area (Å²) in [6.07, 6.45) is 0. The molecule has 0 aliphatic carbocycles. The van der Waals surface area contributed by atoms with Crippen molar-refractivity contribution in [1.82, 2.24) is 0 Å². The predicted molar refractivity (Wildman–Crippen MR) is 80.5 cm³/mol. The number of ether oxygens (including phenoxy) is 1. The van der Waals surface area contributed by atoms with Crippen molar-refractivity contribution in [2.45, 2.75) is 0 Å². The highest BCUT2D eigenvalue weighted by Gasteiger charge is 2.12. The van der Waals surface area contributed by atoms with Gasteiger partial charge in [-0.2, -0.15) is 0 Å². The molecule has 0 amide bonds. The molecule has 0 bridgehead atoms. The van der Waals surface area contributed by atoms with Crippen LogP contribution in [0.4, 0.5) is 0 Å². The van der Waals surface area contributed by atoms with E-state index in [1.807, 2.05) is 5.38 Å². The lowest BCUT2D eigenvalue weighted by Crippen LogP contribution is -1.96. The molecule has 1 aromatic heterocycles.